The van der Waals surface area contributed by atoms with Crippen LogP contribution in [0.2, 0.25) is 0 Å². The van der Waals surface area contributed by atoms with Gasteiger partial charge in [0.1, 0.15) is 0 Å². The van der Waals surface area contributed by atoms with Crippen LogP contribution in [0.1, 0.15) is 111 Å². The van der Waals surface area contributed by atoms with E-state index in [0.717, 1.165) is 5.92 Å². The average molecular weight is 337 g/mol. The van der Waals surface area contributed by atoms with E-state index in [2.05, 4.69) is 36.9 Å². The maximum Gasteiger partial charge on any atom is -0.0181 e. The quantitative estimate of drug-likeness (QED) is 0.224. The third-order valence-corrected chi connectivity index (χ3v) is 5.33. The van der Waals surface area contributed by atoms with E-state index in [-0.39, 0.29) is 12.4 Å². The van der Waals surface area contributed by atoms with Crippen LogP contribution in [0.15, 0.2) is 0 Å². The van der Waals surface area contributed by atoms with Gasteiger partial charge in [-0.1, -0.05) is 105 Å². The summed E-state index contributed by atoms with van der Waals surface area (Å²) < 4.78 is 0. The molecule has 0 aromatic rings. The minimum atomic E-state index is 0. The highest BCUT2D eigenvalue weighted by atomic mass is 35.5. The van der Waals surface area contributed by atoms with Gasteiger partial charge in [-0.15, -0.1) is 21.6 Å². The molecule has 0 nitrogen and oxygen atoms in total. The Kier molecular flexibility index (Phi) is 17.8. The molecule has 2 heteroatoms. The largest absolute Gasteiger partial charge is 0.147 e. The fourth-order valence-corrected chi connectivity index (χ4v) is 2.83. The second kappa shape index (κ2) is 15.6. The fourth-order valence-electron chi connectivity index (χ4n) is 2.66. The van der Waals surface area contributed by atoms with Crippen LogP contribution in [0.3, 0.4) is 0 Å². The predicted octanol–water partition coefficient (Wildman–Crippen LogP) is 7.79. The van der Waals surface area contributed by atoms with Crippen molar-refractivity contribution in [1.82, 2.24) is 0 Å². The maximum atomic E-state index is 3.00. The molecule has 21 heavy (non-hydrogen) atoms. The normalized spacial score (nSPS) is 13.0. The molecule has 0 fully saturated rings. The van der Waals surface area contributed by atoms with Gasteiger partial charge in [0.05, 0.1) is 0 Å². The van der Waals surface area contributed by atoms with Gasteiger partial charge in [0.15, 0.2) is 0 Å². The minimum absolute atomic E-state index is 0. The lowest BCUT2D eigenvalue weighted by molar-refractivity contribution is 0.406. The van der Waals surface area contributed by atoms with Gasteiger partial charge in [-0.05, 0) is 17.5 Å². The highest BCUT2D eigenvalue weighted by molar-refractivity contribution is 7.18. The Hall–Kier alpha value is 0.720. The van der Waals surface area contributed by atoms with Gasteiger partial charge in [-0.3, -0.25) is 0 Å². The summed E-state index contributed by atoms with van der Waals surface area (Å²) >= 11 is 0. The highest BCUT2D eigenvalue weighted by Crippen LogP contribution is 2.30. The zero-order valence-electron chi connectivity index (χ0n) is 15.3. The zero-order valence-corrected chi connectivity index (χ0v) is 17.2. The smallest absolute Gasteiger partial charge is 0.0181 e. The Bertz CT molecular complexity index is 198. The van der Waals surface area contributed by atoms with E-state index in [1.54, 1.807) is 0 Å². The Morgan fingerprint density at radius 2 is 1.05 bits per heavy atom. The molecule has 0 radical (unpaired) electrons. The topological polar surface area (TPSA) is 0 Å². The Morgan fingerprint density at radius 1 is 0.714 bits per heavy atom. The number of hydrogen-bond donors (Lipinski definition) is 0. The first-order valence-corrected chi connectivity index (χ1v) is 9.85. The van der Waals surface area contributed by atoms with Crippen molar-refractivity contribution in [2.24, 2.45) is 5.92 Å². The van der Waals surface area contributed by atoms with Crippen LogP contribution < -0.4 is 0 Å². The lowest BCUT2D eigenvalue weighted by Gasteiger charge is -2.26. The van der Waals surface area contributed by atoms with Crippen LogP contribution in [-0.2, 0) is 0 Å². The molecule has 0 bridgehead atoms. The molecule has 0 aliphatic rings. The molecule has 0 rings (SSSR count). The molecule has 0 aromatic heterocycles. The molecule has 0 N–H and O–H groups in total. The first kappa shape index (κ1) is 24.0. The first-order valence-electron chi connectivity index (χ1n) is 9.27. The van der Waals surface area contributed by atoms with Gasteiger partial charge < -0.3 is 0 Å². The summed E-state index contributed by atoms with van der Waals surface area (Å²) in [5.74, 6) is 0.829. The maximum absolute atomic E-state index is 3.00. The summed E-state index contributed by atoms with van der Waals surface area (Å²) in [7, 11) is 3.00. The van der Waals surface area contributed by atoms with E-state index < -0.39 is 0 Å². The lowest BCUT2D eigenvalue weighted by Crippen LogP contribution is -2.20. The molecular formula is C19H42ClP. The summed E-state index contributed by atoms with van der Waals surface area (Å²) in [4.78, 5) is 0. The van der Waals surface area contributed by atoms with Crippen LogP contribution in [0.4, 0.5) is 0 Å². The summed E-state index contributed by atoms with van der Waals surface area (Å²) in [5.41, 5.74) is 0. The molecule has 0 spiro atoms. The van der Waals surface area contributed by atoms with Crippen LogP contribution in [-0.4, -0.2) is 5.16 Å². The zero-order chi connectivity index (χ0) is 15.3. The van der Waals surface area contributed by atoms with Crippen LogP contribution in [0, 0.1) is 5.92 Å². The van der Waals surface area contributed by atoms with E-state index in [1.165, 1.54) is 83.5 Å². The number of hydrogen-bond acceptors (Lipinski definition) is 0. The molecule has 0 saturated heterocycles. The predicted molar refractivity (Wildman–Crippen MR) is 106 cm³/mol. The molecule has 0 aliphatic heterocycles. The van der Waals surface area contributed by atoms with Crippen LogP contribution >= 0.6 is 21.6 Å². The van der Waals surface area contributed by atoms with E-state index in [4.69, 9.17) is 0 Å². The molecule has 0 saturated carbocycles. The van der Waals surface area contributed by atoms with Gasteiger partial charge in [0.2, 0.25) is 0 Å². The minimum Gasteiger partial charge on any atom is -0.147 e. The molecule has 130 valence electrons. The Balaban J connectivity index is 0. The Morgan fingerprint density at radius 3 is 1.38 bits per heavy atom. The van der Waals surface area contributed by atoms with E-state index >= 15 is 0 Å². The molecule has 0 heterocycles. The van der Waals surface area contributed by atoms with Gasteiger partial charge in [0, 0.05) is 0 Å². The van der Waals surface area contributed by atoms with Crippen molar-refractivity contribution in [1.29, 1.82) is 0 Å². The standard InChI is InChI=1S/C19H41P.ClH/c1-5-6-7-8-9-10-11-12-13-14-15-16-17-18(2)19(3,4)20;/h18H,5-17,20H2,1-4H3;1H. The van der Waals surface area contributed by atoms with Crippen LogP contribution in [0.5, 0.6) is 0 Å². The van der Waals surface area contributed by atoms with Crippen molar-refractivity contribution in [3.8, 4) is 0 Å². The van der Waals surface area contributed by atoms with Crippen molar-refractivity contribution in [3.63, 3.8) is 0 Å². The molecule has 0 aliphatic carbocycles. The third-order valence-electron chi connectivity index (χ3n) is 4.76. The first-order chi connectivity index (χ1) is 9.48. The molecule has 2 unspecified atom stereocenters. The van der Waals surface area contributed by atoms with E-state index in [0.29, 0.717) is 5.16 Å². The van der Waals surface area contributed by atoms with Crippen LogP contribution in [0.25, 0.3) is 0 Å². The average Bonchev–Trinajstić information content (AvgIpc) is 2.38. The summed E-state index contributed by atoms with van der Waals surface area (Å²) in [5, 5.41) is 0.414. The van der Waals surface area contributed by atoms with Crippen molar-refractivity contribution >= 4 is 21.6 Å². The second-order valence-corrected chi connectivity index (χ2v) is 8.89. The highest BCUT2D eigenvalue weighted by Gasteiger charge is 2.19. The van der Waals surface area contributed by atoms with Crippen molar-refractivity contribution < 1.29 is 0 Å². The summed E-state index contributed by atoms with van der Waals surface area (Å²) in [6.07, 6.45) is 18.8. The van der Waals surface area contributed by atoms with Gasteiger partial charge >= 0.3 is 0 Å². The number of unbranched alkanes of at least 4 members (excludes halogenated alkanes) is 11. The molecule has 2 atom stereocenters. The SMILES string of the molecule is CCCCCCCCCCCCCCC(C)C(C)(C)P.Cl. The number of halogens is 1. The van der Waals surface area contributed by atoms with Gasteiger partial charge in [-0.2, -0.15) is 0 Å². The van der Waals surface area contributed by atoms with Crippen molar-refractivity contribution in [3.05, 3.63) is 0 Å². The molecule has 0 amide bonds. The number of rotatable bonds is 14. The van der Waals surface area contributed by atoms with Crippen molar-refractivity contribution in [2.75, 3.05) is 0 Å². The Labute approximate surface area is 144 Å². The molecular weight excluding hydrogens is 295 g/mol. The summed E-state index contributed by atoms with van der Waals surface area (Å²) in [6.45, 7) is 9.36. The lowest BCUT2D eigenvalue weighted by atomic mass is 9.91. The van der Waals surface area contributed by atoms with Crippen molar-refractivity contribution in [2.45, 2.75) is 116 Å². The van der Waals surface area contributed by atoms with E-state index in [1.807, 2.05) is 0 Å². The second-order valence-electron chi connectivity index (χ2n) is 7.40. The molecule has 0 aromatic carbocycles. The summed E-state index contributed by atoms with van der Waals surface area (Å²) in [6, 6.07) is 0. The van der Waals surface area contributed by atoms with Gasteiger partial charge in [-0.25, -0.2) is 0 Å². The van der Waals surface area contributed by atoms with Gasteiger partial charge in [0.25, 0.3) is 0 Å². The third kappa shape index (κ3) is 16.9. The monoisotopic (exact) mass is 336 g/mol. The fraction of sp³-hybridized carbons (Fsp3) is 1.00. The van der Waals surface area contributed by atoms with E-state index in [9.17, 15) is 0 Å².